The van der Waals surface area contributed by atoms with Crippen molar-refractivity contribution < 1.29 is 23.8 Å². The van der Waals surface area contributed by atoms with Crippen LogP contribution in [0.3, 0.4) is 0 Å². The Morgan fingerprint density at radius 3 is 2.47 bits per heavy atom. The summed E-state index contributed by atoms with van der Waals surface area (Å²) in [6.07, 6.45) is -3.64. The number of hydrogen-bond donors (Lipinski definition) is 2. The molecule has 0 saturated carbocycles. The molecule has 0 fully saturated rings. The van der Waals surface area contributed by atoms with Crippen molar-refractivity contribution in [3.05, 3.63) is 35.4 Å². The summed E-state index contributed by atoms with van der Waals surface area (Å²) < 4.78 is 24.9. The molecular weight excluding hydrogens is 230 g/mol. The number of rotatable bonds is 5. The van der Waals surface area contributed by atoms with Crippen molar-refractivity contribution in [1.82, 2.24) is 0 Å². The van der Waals surface area contributed by atoms with Gasteiger partial charge in [0.1, 0.15) is 0 Å². The van der Waals surface area contributed by atoms with E-state index in [2.05, 4.69) is 0 Å². The molecule has 0 bridgehead atoms. The van der Waals surface area contributed by atoms with E-state index in [4.69, 9.17) is 5.11 Å². The van der Waals surface area contributed by atoms with Crippen molar-refractivity contribution in [3.8, 4) is 0 Å². The summed E-state index contributed by atoms with van der Waals surface area (Å²) in [5.41, 5.74) is 0.139. The van der Waals surface area contributed by atoms with E-state index in [1.54, 1.807) is 0 Å². The van der Waals surface area contributed by atoms with Gasteiger partial charge in [0.05, 0.1) is 12.0 Å². The van der Waals surface area contributed by atoms with Crippen LogP contribution in [-0.4, -0.2) is 16.2 Å². The maximum Gasteiger partial charge on any atom is 0.306 e. The quantitative estimate of drug-likeness (QED) is 0.837. The van der Waals surface area contributed by atoms with Crippen LogP contribution in [0.1, 0.15) is 37.0 Å². The van der Waals surface area contributed by atoms with Gasteiger partial charge in [0.25, 0.3) is 6.43 Å². The van der Waals surface area contributed by atoms with Crippen LogP contribution in [0, 0.1) is 5.92 Å². The molecule has 0 aliphatic rings. The van der Waals surface area contributed by atoms with Gasteiger partial charge in [-0.05, 0) is 18.1 Å². The van der Waals surface area contributed by atoms with E-state index in [0.717, 1.165) is 0 Å². The molecule has 0 heterocycles. The zero-order valence-electron chi connectivity index (χ0n) is 9.31. The van der Waals surface area contributed by atoms with Crippen LogP contribution >= 0.6 is 0 Å². The fourth-order valence-electron chi connectivity index (χ4n) is 1.47. The topological polar surface area (TPSA) is 57.5 Å². The molecule has 1 rings (SSSR count). The summed E-state index contributed by atoms with van der Waals surface area (Å²) in [6, 6.07) is 5.39. The summed E-state index contributed by atoms with van der Waals surface area (Å²) in [4.78, 5) is 10.6. The van der Waals surface area contributed by atoms with Gasteiger partial charge in [0, 0.05) is 5.56 Å². The number of carboxylic acids is 1. The molecule has 0 saturated heterocycles. The Bertz CT molecular complexity index is 393. The largest absolute Gasteiger partial charge is 0.481 e. The van der Waals surface area contributed by atoms with E-state index >= 15 is 0 Å². The lowest BCUT2D eigenvalue weighted by molar-refractivity contribution is -0.142. The van der Waals surface area contributed by atoms with Crippen molar-refractivity contribution in [2.24, 2.45) is 5.92 Å². The van der Waals surface area contributed by atoms with Crippen molar-refractivity contribution in [1.29, 1.82) is 0 Å². The van der Waals surface area contributed by atoms with Crippen LogP contribution in [0.25, 0.3) is 0 Å². The van der Waals surface area contributed by atoms with Gasteiger partial charge in [-0.1, -0.05) is 25.1 Å². The number of benzene rings is 1. The third-order valence-electron chi connectivity index (χ3n) is 2.55. The average Bonchev–Trinajstić information content (AvgIpc) is 2.28. The first-order valence-electron chi connectivity index (χ1n) is 5.20. The summed E-state index contributed by atoms with van der Waals surface area (Å²) in [5, 5.41) is 18.4. The molecule has 2 N–H and O–H groups in total. The van der Waals surface area contributed by atoms with Crippen molar-refractivity contribution >= 4 is 5.97 Å². The van der Waals surface area contributed by atoms with E-state index < -0.39 is 24.4 Å². The first kappa shape index (κ1) is 13.6. The molecule has 1 aromatic rings. The molecule has 5 heteroatoms. The van der Waals surface area contributed by atoms with E-state index in [1.165, 1.54) is 31.2 Å². The SMILES string of the molecule is CC(CC(O)c1cccc(C(F)F)c1)C(=O)O. The zero-order chi connectivity index (χ0) is 13.0. The number of carboxylic acid groups (broad SMARTS) is 1. The monoisotopic (exact) mass is 244 g/mol. The Balaban J connectivity index is 2.78. The highest BCUT2D eigenvalue weighted by Crippen LogP contribution is 2.25. The number of hydrogen-bond acceptors (Lipinski definition) is 2. The van der Waals surface area contributed by atoms with E-state index in [-0.39, 0.29) is 12.0 Å². The van der Waals surface area contributed by atoms with Crippen LogP contribution in [0.4, 0.5) is 8.78 Å². The fraction of sp³-hybridized carbons (Fsp3) is 0.417. The van der Waals surface area contributed by atoms with Crippen LogP contribution in [0.5, 0.6) is 0 Å². The van der Waals surface area contributed by atoms with E-state index in [1.807, 2.05) is 0 Å². The van der Waals surface area contributed by atoms with Crippen LogP contribution < -0.4 is 0 Å². The van der Waals surface area contributed by atoms with Gasteiger partial charge in [-0.2, -0.15) is 0 Å². The highest BCUT2D eigenvalue weighted by Gasteiger charge is 2.18. The molecule has 0 aromatic heterocycles. The minimum Gasteiger partial charge on any atom is -0.481 e. The number of aliphatic carboxylic acids is 1. The molecule has 2 atom stereocenters. The maximum absolute atomic E-state index is 12.4. The summed E-state index contributed by atoms with van der Waals surface area (Å²) in [7, 11) is 0. The molecule has 2 unspecified atom stereocenters. The smallest absolute Gasteiger partial charge is 0.306 e. The lowest BCUT2D eigenvalue weighted by Crippen LogP contribution is -2.13. The standard InChI is InChI=1S/C12H14F2O3/c1-7(12(16)17)5-10(15)8-3-2-4-9(6-8)11(13)14/h2-4,6-7,10-11,15H,5H2,1H3,(H,16,17). The highest BCUT2D eigenvalue weighted by atomic mass is 19.3. The zero-order valence-corrected chi connectivity index (χ0v) is 9.31. The minimum absolute atomic E-state index is 0.00201. The number of aliphatic hydroxyl groups excluding tert-OH is 1. The van der Waals surface area contributed by atoms with Gasteiger partial charge in [-0.25, -0.2) is 8.78 Å². The number of aliphatic hydroxyl groups is 1. The second-order valence-electron chi connectivity index (χ2n) is 3.96. The Morgan fingerprint density at radius 2 is 1.94 bits per heavy atom. The van der Waals surface area contributed by atoms with Gasteiger partial charge in [0.15, 0.2) is 0 Å². The molecule has 0 aliphatic heterocycles. The number of carbonyl (C=O) groups is 1. The maximum atomic E-state index is 12.4. The Kier molecular flexibility index (Phi) is 4.57. The van der Waals surface area contributed by atoms with Gasteiger partial charge in [0.2, 0.25) is 0 Å². The van der Waals surface area contributed by atoms with Gasteiger partial charge in [-0.3, -0.25) is 4.79 Å². The second kappa shape index (κ2) is 5.72. The highest BCUT2D eigenvalue weighted by molar-refractivity contribution is 5.69. The molecule has 1 aromatic carbocycles. The molecule has 0 spiro atoms. The van der Waals surface area contributed by atoms with Gasteiger partial charge in [-0.15, -0.1) is 0 Å². The summed E-state index contributed by atoms with van der Waals surface area (Å²) >= 11 is 0. The third kappa shape index (κ3) is 3.78. The summed E-state index contributed by atoms with van der Waals surface area (Å²) in [6.45, 7) is 1.46. The Morgan fingerprint density at radius 1 is 1.35 bits per heavy atom. The number of alkyl halides is 2. The normalized spacial score (nSPS) is 14.6. The third-order valence-corrected chi connectivity index (χ3v) is 2.55. The summed E-state index contributed by atoms with van der Waals surface area (Å²) in [5.74, 6) is -1.74. The first-order valence-corrected chi connectivity index (χ1v) is 5.20. The van der Waals surface area contributed by atoms with E-state index in [0.29, 0.717) is 5.56 Å². The van der Waals surface area contributed by atoms with Crippen molar-refractivity contribution in [2.45, 2.75) is 25.9 Å². The van der Waals surface area contributed by atoms with Crippen LogP contribution in [-0.2, 0) is 4.79 Å². The molecule has 0 aliphatic carbocycles. The second-order valence-corrected chi connectivity index (χ2v) is 3.96. The van der Waals surface area contributed by atoms with Crippen molar-refractivity contribution in [2.75, 3.05) is 0 Å². The fourth-order valence-corrected chi connectivity index (χ4v) is 1.47. The molecule has 94 valence electrons. The Hall–Kier alpha value is -1.49. The Labute approximate surface area is 97.7 Å². The van der Waals surface area contributed by atoms with Crippen LogP contribution in [0.2, 0.25) is 0 Å². The van der Waals surface area contributed by atoms with E-state index in [9.17, 15) is 18.7 Å². The lowest BCUT2D eigenvalue weighted by atomic mass is 9.97. The molecular formula is C12H14F2O3. The predicted molar refractivity (Wildman–Crippen MR) is 57.8 cm³/mol. The lowest BCUT2D eigenvalue weighted by Gasteiger charge is -2.14. The molecule has 17 heavy (non-hydrogen) atoms. The molecule has 3 nitrogen and oxygen atoms in total. The molecule has 0 radical (unpaired) electrons. The number of halogens is 2. The first-order chi connectivity index (χ1) is 7.91. The molecule has 0 amide bonds. The van der Waals surface area contributed by atoms with Crippen molar-refractivity contribution in [3.63, 3.8) is 0 Å². The van der Waals surface area contributed by atoms with Gasteiger partial charge < -0.3 is 10.2 Å². The minimum atomic E-state index is -2.60. The van der Waals surface area contributed by atoms with Crippen LogP contribution in [0.15, 0.2) is 24.3 Å². The predicted octanol–water partition coefficient (Wildman–Crippen LogP) is 2.77. The average molecular weight is 244 g/mol. The van der Waals surface area contributed by atoms with Gasteiger partial charge >= 0.3 is 5.97 Å².